The van der Waals surface area contributed by atoms with Gasteiger partial charge in [-0.3, -0.25) is 9.10 Å². The lowest BCUT2D eigenvalue weighted by molar-refractivity contribution is -0.122. The van der Waals surface area contributed by atoms with Crippen molar-refractivity contribution in [2.24, 2.45) is 0 Å². The molecule has 1 aliphatic heterocycles. The number of amides is 1. The Labute approximate surface area is 192 Å². The Morgan fingerprint density at radius 1 is 1.09 bits per heavy atom. The molecular weight excluding hydrogens is 448 g/mol. The summed E-state index contributed by atoms with van der Waals surface area (Å²) in [5, 5.41) is 3.18. The fraction of sp³-hybridized carbons (Fsp3) is 0.208. The second kappa shape index (κ2) is 8.84. The largest absolute Gasteiger partial charge is 0.476 e. The number of fused-ring (bicyclic) bond motifs is 1. The van der Waals surface area contributed by atoms with Crippen LogP contribution in [0.5, 0.6) is 5.75 Å². The van der Waals surface area contributed by atoms with Crippen LogP contribution >= 0.6 is 11.6 Å². The molecule has 3 aromatic carbocycles. The predicted molar refractivity (Wildman–Crippen MR) is 126 cm³/mol. The number of hydrogen-bond donors (Lipinski definition) is 1. The number of hydrogen-bond acceptors (Lipinski definition) is 4. The number of anilines is 2. The van der Waals surface area contributed by atoms with E-state index in [4.69, 9.17) is 16.3 Å². The first-order valence-electron chi connectivity index (χ1n) is 10.2. The molecule has 0 fully saturated rings. The molecule has 0 radical (unpaired) electrons. The number of carbonyl (C=O) groups excluding carboxylic acids is 1. The highest BCUT2D eigenvalue weighted by Gasteiger charge is 2.37. The zero-order valence-corrected chi connectivity index (χ0v) is 19.3. The van der Waals surface area contributed by atoms with Crippen LogP contribution < -0.4 is 14.4 Å². The van der Waals surface area contributed by atoms with E-state index in [1.165, 1.54) is 10.4 Å². The summed E-state index contributed by atoms with van der Waals surface area (Å²) in [6, 6.07) is 18.8. The molecule has 166 valence electrons. The van der Waals surface area contributed by atoms with Gasteiger partial charge in [-0.1, -0.05) is 48.4 Å². The van der Waals surface area contributed by atoms with Crippen LogP contribution in [-0.2, 0) is 21.2 Å². The highest BCUT2D eigenvalue weighted by Crippen LogP contribution is 2.39. The predicted octanol–water partition coefficient (Wildman–Crippen LogP) is 4.81. The van der Waals surface area contributed by atoms with Crippen LogP contribution in [0.1, 0.15) is 18.1 Å². The molecule has 3 aromatic rings. The minimum absolute atomic E-state index is 0.130. The average Bonchev–Trinajstić information content (AvgIpc) is 2.79. The fourth-order valence-electron chi connectivity index (χ4n) is 3.47. The number of halogens is 1. The highest BCUT2D eigenvalue weighted by molar-refractivity contribution is 7.92. The zero-order chi connectivity index (χ0) is 22.9. The van der Waals surface area contributed by atoms with Crippen molar-refractivity contribution in [3.05, 3.63) is 82.9 Å². The number of ether oxygens (including phenoxy) is 1. The maximum Gasteiger partial charge on any atom is 0.267 e. The van der Waals surface area contributed by atoms with Crippen molar-refractivity contribution in [1.82, 2.24) is 0 Å². The molecule has 0 spiro atoms. The van der Waals surface area contributed by atoms with Gasteiger partial charge in [-0.05, 0) is 61.4 Å². The van der Waals surface area contributed by atoms with E-state index in [9.17, 15) is 13.2 Å². The summed E-state index contributed by atoms with van der Waals surface area (Å²) < 4.78 is 34.0. The number of carbonyl (C=O) groups is 1. The maximum atomic E-state index is 13.5. The molecule has 1 aliphatic rings. The standard InChI is InChI=1S/C24H23ClN2O4S/c1-3-17-6-9-19(10-7-17)26-24(28)23-15-27(21-14-18(25)8-13-22(21)31-23)32(29,30)20-11-4-16(2)5-12-20/h4-14,23H,3,15H2,1-2H3,(H,26,28)/t23-/m1/s1. The van der Waals surface area contributed by atoms with Crippen LogP contribution in [0.3, 0.4) is 0 Å². The topological polar surface area (TPSA) is 75.7 Å². The summed E-state index contributed by atoms with van der Waals surface area (Å²) in [5.74, 6) is -0.156. The van der Waals surface area contributed by atoms with E-state index < -0.39 is 22.0 Å². The van der Waals surface area contributed by atoms with Crippen LogP contribution in [-0.4, -0.2) is 27.0 Å². The monoisotopic (exact) mass is 470 g/mol. The maximum absolute atomic E-state index is 13.5. The van der Waals surface area contributed by atoms with Crippen molar-refractivity contribution in [3.8, 4) is 5.75 Å². The molecule has 0 aromatic heterocycles. The third-order valence-corrected chi connectivity index (χ3v) is 7.35. The summed E-state index contributed by atoms with van der Waals surface area (Å²) in [4.78, 5) is 13.1. The Balaban J connectivity index is 1.66. The minimum Gasteiger partial charge on any atom is -0.476 e. The number of rotatable bonds is 5. The number of benzene rings is 3. The van der Waals surface area contributed by atoms with Gasteiger partial charge in [0, 0.05) is 10.7 Å². The molecule has 1 atom stereocenters. The molecule has 6 nitrogen and oxygen atoms in total. The van der Waals surface area contributed by atoms with Crippen molar-refractivity contribution in [3.63, 3.8) is 0 Å². The first-order chi connectivity index (χ1) is 15.3. The van der Waals surface area contributed by atoms with Gasteiger partial charge in [-0.2, -0.15) is 0 Å². The van der Waals surface area contributed by atoms with Gasteiger partial charge < -0.3 is 10.1 Å². The van der Waals surface area contributed by atoms with Crippen LogP contribution in [0.2, 0.25) is 5.02 Å². The molecule has 0 unspecified atom stereocenters. The number of nitrogens with one attached hydrogen (secondary N) is 1. The van der Waals surface area contributed by atoms with Crippen molar-refractivity contribution in [2.75, 3.05) is 16.2 Å². The van der Waals surface area contributed by atoms with Gasteiger partial charge >= 0.3 is 0 Å². The van der Waals surface area contributed by atoms with Crippen LogP contribution in [0, 0.1) is 6.92 Å². The van der Waals surface area contributed by atoms with E-state index in [-0.39, 0.29) is 17.2 Å². The third kappa shape index (κ3) is 4.45. The van der Waals surface area contributed by atoms with E-state index in [1.807, 2.05) is 31.2 Å². The molecule has 0 saturated carbocycles. The van der Waals surface area contributed by atoms with Crippen LogP contribution in [0.4, 0.5) is 11.4 Å². The molecule has 0 aliphatic carbocycles. The lowest BCUT2D eigenvalue weighted by Gasteiger charge is -2.35. The molecule has 0 bridgehead atoms. The van der Waals surface area contributed by atoms with E-state index in [0.717, 1.165) is 17.5 Å². The molecule has 1 amide bonds. The number of sulfonamides is 1. The van der Waals surface area contributed by atoms with Crippen LogP contribution in [0.25, 0.3) is 0 Å². The Morgan fingerprint density at radius 2 is 1.78 bits per heavy atom. The molecular formula is C24H23ClN2O4S. The van der Waals surface area contributed by atoms with Crippen molar-refractivity contribution in [2.45, 2.75) is 31.3 Å². The Hall–Kier alpha value is -3.03. The molecule has 32 heavy (non-hydrogen) atoms. The van der Waals surface area contributed by atoms with E-state index in [2.05, 4.69) is 12.2 Å². The molecule has 1 heterocycles. The average molecular weight is 471 g/mol. The summed E-state index contributed by atoms with van der Waals surface area (Å²) in [7, 11) is -3.94. The van der Waals surface area contributed by atoms with Crippen LogP contribution in [0.15, 0.2) is 71.6 Å². The minimum atomic E-state index is -3.94. The Bertz CT molecular complexity index is 1240. The molecule has 1 N–H and O–H groups in total. The summed E-state index contributed by atoms with van der Waals surface area (Å²) in [5.41, 5.74) is 3.01. The van der Waals surface area contributed by atoms with E-state index in [0.29, 0.717) is 16.4 Å². The Morgan fingerprint density at radius 3 is 2.44 bits per heavy atom. The molecule has 4 rings (SSSR count). The SMILES string of the molecule is CCc1ccc(NC(=O)[C@H]2CN(S(=O)(=O)c3ccc(C)cc3)c3cc(Cl)ccc3O2)cc1. The van der Waals surface area contributed by atoms with E-state index >= 15 is 0 Å². The fourth-order valence-corrected chi connectivity index (χ4v) is 5.11. The highest BCUT2D eigenvalue weighted by atomic mass is 35.5. The Kier molecular flexibility index (Phi) is 6.13. The third-order valence-electron chi connectivity index (χ3n) is 5.32. The van der Waals surface area contributed by atoms with E-state index in [1.54, 1.807) is 36.4 Å². The summed E-state index contributed by atoms with van der Waals surface area (Å²) in [6.07, 6.45) is -0.139. The second-order valence-corrected chi connectivity index (χ2v) is 9.91. The smallest absolute Gasteiger partial charge is 0.267 e. The van der Waals surface area contributed by atoms with Gasteiger partial charge in [0.15, 0.2) is 6.10 Å². The van der Waals surface area contributed by atoms with Gasteiger partial charge in [-0.15, -0.1) is 0 Å². The van der Waals surface area contributed by atoms with Crippen molar-refractivity contribution >= 4 is 38.9 Å². The quantitative estimate of drug-likeness (QED) is 0.580. The number of nitrogens with zero attached hydrogens (tertiary/aromatic N) is 1. The summed E-state index contributed by atoms with van der Waals surface area (Å²) >= 11 is 6.13. The van der Waals surface area contributed by atoms with Gasteiger partial charge in [0.25, 0.3) is 15.9 Å². The van der Waals surface area contributed by atoms with Gasteiger partial charge in [0.2, 0.25) is 0 Å². The lowest BCUT2D eigenvalue weighted by Crippen LogP contribution is -2.48. The van der Waals surface area contributed by atoms with Crippen molar-refractivity contribution in [1.29, 1.82) is 0 Å². The molecule has 8 heteroatoms. The number of aryl methyl sites for hydroxylation is 2. The van der Waals surface area contributed by atoms with Gasteiger partial charge in [0.1, 0.15) is 5.75 Å². The van der Waals surface area contributed by atoms with Gasteiger partial charge in [-0.25, -0.2) is 8.42 Å². The summed E-state index contributed by atoms with van der Waals surface area (Å²) in [6.45, 7) is 3.76. The van der Waals surface area contributed by atoms with Gasteiger partial charge in [0.05, 0.1) is 17.1 Å². The first-order valence-corrected chi connectivity index (χ1v) is 12.0. The normalized spacial score (nSPS) is 15.6. The second-order valence-electron chi connectivity index (χ2n) is 7.61. The lowest BCUT2D eigenvalue weighted by atomic mass is 10.1. The van der Waals surface area contributed by atoms with Crippen molar-refractivity contribution < 1.29 is 17.9 Å². The first kappa shape index (κ1) is 22.2. The molecule has 0 saturated heterocycles. The zero-order valence-electron chi connectivity index (χ0n) is 17.7.